The van der Waals surface area contributed by atoms with Crippen LogP contribution in [0.5, 0.6) is 11.5 Å². The minimum atomic E-state index is -0.897. The molecule has 1 aromatic rings. The first-order valence-electron chi connectivity index (χ1n) is 9.02. The average molecular weight is 346 g/mol. The molecule has 1 aromatic carbocycles. The van der Waals surface area contributed by atoms with Crippen LogP contribution in [0.15, 0.2) is 24.3 Å². The summed E-state index contributed by atoms with van der Waals surface area (Å²) in [5.41, 5.74) is 5.33. The zero-order valence-electron chi connectivity index (χ0n) is 14.8. The summed E-state index contributed by atoms with van der Waals surface area (Å²) in [5.74, 6) is 1.41. The minimum absolute atomic E-state index is 0.0677. The van der Waals surface area contributed by atoms with Crippen molar-refractivity contribution in [3.63, 3.8) is 0 Å². The number of hydrogen-bond donors (Lipinski definition) is 2. The van der Waals surface area contributed by atoms with Crippen LogP contribution in [0, 0.1) is 11.3 Å². The molecule has 4 unspecified atom stereocenters. The Morgan fingerprint density at radius 1 is 1.32 bits per heavy atom. The number of hydrogen-bond acceptors (Lipinski definition) is 5. The average Bonchev–Trinajstić information content (AvgIpc) is 2.65. The molecular weight excluding hydrogens is 320 g/mol. The fraction of sp³-hybridized carbons (Fsp3) is 0.632. The summed E-state index contributed by atoms with van der Waals surface area (Å²) in [7, 11) is 0. The Morgan fingerprint density at radius 2 is 2.08 bits per heavy atom. The number of benzene rings is 1. The molecule has 2 heterocycles. The Morgan fingerprint density at radius 3 is 2.88 bits per heavy atom. The van der Waals surface area contributed by atoms with Crippen molar-refractivity contribution in [2.45, 2.75) is 44.4 Å². The lowest BCUT2D eigenvalue weighted by atomic mass is 9.46. The number of nitrogens with one attached hydrogen (secondary N) is 1. The zero-order valence-corrected chi connectivity index (χ0v) is 14.8. The van der Waals surface area contributed by atoms with Crippen molar-refractivity contribution in [2.24, 2.45) is 17.1 Å². The summed E-state index contributed by atoms with van der Waals surface area (Å²) in [4.78, 5) is 12.9. The van der Waals surface area contributed by atoms with Gasteiger partial charge in [0.25, 0.3) is 0 Å². The SMILES string of the molecule is CC1(C)C2OCCCC2C1(N)C(=O)NCC1COc2ccccc2O1. The molecule has 4 rings (SSSR count). The summed E-state index contributed by atoms with van der Waals surface area (Å²) in [6.45, 7) is 5.59. The Labute approximate surface area is 148 Å². The lowest BCUT2D eigenvalue weighted by Crippen LogP contribution is -2.82. The Kier molecular flexibility index (Phi) is 3.92. The van der Waals surface area contributed by atoms with Crippen LogP contribution in [0.2, 0.25) is 0 Å². The third-order valence-electron chi connectivity index (χ3n) is 6.12. The van der Waals surface area contributed by atoms with E-state index in [-0.39, 0.29) is 29.4 Å². The van der Waals surface area contributed by atoms with Crippen LogP contribution in [0.25, 0.3) is 0 Å². The predicted octanol–water partition coefficient (Wildman–Crippen LogP) is 1.48. The molecule has 25 heavy (non-hydrogen) atoms. The van der Waals surface area contributed by atoms with Crippen molar-refractivity contribution in [1.29, 1.82) is 0 Å². The highest BCUT2D eigenvalue weighted by Gasteiger charge is 2.70. The summed E-state index contributed by atoms with van der Waals surface area (Å²) in [5, 5.41) is 2.99. The van der Waals surface area contributed by atoms with Crippen LogP contribution in [0.3, 0.4) is 0 Å². The topological polar surface area (TPSA) is 82.8 Å². The molecule has 1 amide bonds. The molecule has 3 aliphatic rings. The molecule has 0 spiro atoms. The smallest absolute Gasteiger partial charge is 0.241 e. The van der Waals surface area contributed by atoms with Gasteiger partial charge in [0.15, 0.2) is 11.5 Å². The van der Waals surface area contributed by atoms with Crippen molar-refractivity contribution in [2.75, 3.05) is 19.8 Å². The number of amides is 1. The van der Waals surface area contributed by atoms with Crippen molar-refractivity contribution in [1.82, 2.24) is 5.32 Å². The molecule has 1 saturated heterocycles. The van der Waals surface area contributed by atoms with Gasteiger partial charge in [-0.15, -0.1) is 0 Å². The van der Waals surface area contributed by atoms with E-state index in [1.54, 1.807) is 0 Å². The van der Waals surface area contributed by atoms with E-state index in [1.165, 1.54) is 0 Å². The van der Waals surface area contributed by atoms with Gasteiger partial charge >= 0.3 is 0 Å². The molecule has 136 valence electrons. The maximum absolute atomic E-state index is 12.9. The summed E-state index contributed by atoms with van der Waals surface area (Å²) in [6.07, 6.45) is 1.75. The molecule has 4 atom stereocenters. The number of carbonyl (C=O) groups is 1. The van der Waals surface area contributed by atoms with Crippen LogP contribution in [0.1, 0.15) is 26.7 Å². The van der Waals surface area contributed by atoms with Gasteiger partial charge in [0, 0.05) is 17.9 Å². The third kappa shape index (κ3) is 2.42. The maximum Gasteiger partial charge on any atom is 0.241 e. The van der Waals surface area contributed by atoms with Gasteiger partial charge < -0.3 is 25.3 Å². The minimum Gasteiger partial charge on any atom is -0.486 e. The predicted molar refractivity (Wildman–Crippen MR) is 92.5 cm³/mol. The molecule has 0 aromatic heterocycles. The van der Waals surface area contributed by atoms with Crippen LogP contribution >= 0.6 is 0 Å². The normalized spacial score (nSPS) is 35.2. The monoisotopic (exact) mass is 346 g/mol. The van der Waals surface area contributed by atoms with E-state index in [0.29, 0.717) is 18.9 Å². The molecule has 0 bridgehead atoms. The number of ether oxygens (including phenoxy) is 3. The maximum atomic E-state index is 12.9. The summed E-state index contributed by atoms with van der Waals surface area (Å²) in [6, 6.07) is 7.55. The number of nitrogens with two attached hydrogens (primary N) is 1. The Bertz CT molecular complexity index is 677. The third-order valence-corrected chi connectivity index (χ3v) is 6.12. The van der Waals surface area contributed by atoms with E-state index in [9.17, 15) is 4.79 Å². The molecule has 6 heteroatoms. The van der Waals surface area contributed by atoms with Gasteiger partial charge in [0.05, 0.1) is 12.6 Å². The first kappa shape index (κ1) is 16.7. The highest BCUT2D eigenvalue weighted by Crippen LogP contribution is 2.57. The molecule has 6 nitrogen and oxygen atoms in total. The Hall–Kier alpha value is -1.79. The lowest BCUT2D eigenvalue weighted by Gasteiger charge is -2.65. The van der Waals surface area contributed by atoms with Gasteiger partial charge in [-0.25, -0.2) is 0 Å². The number of para-hydroxylation sites is 2. The van der Waals surface area contributed by atoms with Gasteiger partial charge in [-0.05, 0) is 25.0 Å². The van der Waals surface area contributed by atoms with Crippen molar-refractivity contribution in [3.8, 4) is 11.5 Å². The number of carbonyl (C=O) groups excluding carboxylic acids is 1. The van der Waals surface area contributed by atoms with Crippen molar-refractivity contribution in [3.05, 3.63) is 24.3 Å². The molecule has 2 fully saturated rings. The molecular formula is C19H26N2O4. The molecule has 0 radical (unpaired) electrons. The van der Waals surface area contributed by atoms with E-state index in [0.717, 1.165) is 25.2 Å². The van der Waals surface area contributed by atoms with Gasteiger partial charge in [0.2, 0.25) is 5.91 Å². The second kappa shape index (κ2) is 5.88. The van der Waals surface area contributed by atoms with Gasteiger partial charge in [-0.2, -0.15) is 0 Å². The molecule has 1 aliphatic carbocycles. The fourth-order valence-electron chi connectivity index (χ4n) is 4.55. The van der Waals surface area contributed by atoms with E-state index < -0.39 is 5.54 Å². The van der Waals surface area contributed by atoms with Crippen LogP contribution in [-0.2, 0) is 9.53 Å². The first-order valence-corrected chi connectivity index (χ1v) is 9.02. The highest BCUT2D eigenvalue weighted by molar-refractivity contribution is 5.89. The standard InChI is InChI=1S/C19H26N2O4/c1-18(2)16-13(6-5-9-23-16)19(18,20)17(22)21-10-12-11-24-14-7-3-4-8-15(14)25-12/h3-4,7-8,12-13,16H,5-6,9-11,20H2,1-2H3,(H,21,22). The zero-order chi connectivity index (χ0) is 17.7. The van der Waals surface area contributed by atoms with Gasteiger partial charge in [-0.1, -0.05) is 26.0 Å². The van der Waals surface area contributed by atoms with E-state index >= 15 is 0 Å². The van der Waals surface area contributed by atoms with E-state index in [2.05, 4.69) is 5.32 Å². The largest absolute Gasteiger partial charge is 0.486 e. The van der Waals surface area contributed by atoms with Crippen molar-refractivity contribution < 1.29 is 19.0 Å². The number of fused-ring (bicyclic) bond motifs is 2. The van der Waals surface area contributed by atoms with Crippen molar-refractivity contribution >= 4 is 5.91 Å². The fourth-order valence-corrected chi connectivity index (χ4v) is 4.55. The second-order valence-corrected chi connectivity index (χ2v) is 7.84. The lowest BCUT2D eigenvalue weighted by molar-refractivity contribution is -0.225. The molecule has 3 N–H and O–H groups in total. The second-order valence-electron chi connectivity index (χ2n) is 7.84. The number of rotatable bonds is 3. The summed E-state index contributed by atoms with van der Waals surface area (Å²) >= 11 is 0. The quantitative estimate of drug-likeness (QED) is 0.866. The van der Waals surface area contributed by atoms with Gasteiger partial charge in [0.1, 0.15) is 18.2 Å². The molecule has 1 saturated carbocycles. The first-order chi connectivity index (χ1) is 11.9. The van der Waals surface area contributed by atoms with Crippen LogP contribution < -0.4 is 20.5 Å². The molecule has 2 aliphatic heterocycles. The van der Waals surface area contributed by atoms with E-state index in [1.807, 2.05) is 38.1 Å². The van der Waals surface area contributed by atoms with Gasteiger partial charge in [-0.3, -0.25) is 4.79 Å². The van der Waals surface area contributed by atoms with Crippen LogP contribution in [0.4, 0.5) is 0 Å². The highest BCUT2D eigenvalue weighted by atomic mass is 16.6. The summed E-state index contributed by atoms with van der Waals surface area (Å²) < 4.78 is 17.5. The van der Waals surface area contributed by atoms with Crippen LogP contribution in [-0.4, -0.2) is 43.4 Å². The Balaban J connectivity index is 1.39. The van der Waals surface area contributed by atoms with E-state index in [4.69, 9.17) is 19.9 Å².